The van der Waals surface area contributed by atoms with Crippen LogP contribution in [-0.2, 0) is 0 Å². The van der Waals surface area contributed by atoms with Crippen LogP contribution >= 0.6 is 0 Å². The molecule has 0 N–H and O–H groups in total. The lowest BCUT2D eigenvalue weighted by atomic mass is 10.1. The van der Waals surface area contributed by atoms with Gasteiger partial charge in [0.1, 0.15) is 5.82 Å². The molecule has 1 heterocycles. The highest BCUT2D eigenvalue weighted by Crippen LogP contribution is 2.26. The van der Waals surface area contributed by atoms with E-state index in [0.717, 1.165) is 32.2 Å². The zero-order valence-corrected chi connectivity index (χ0v) is 8.58. The zero-order chi connectivity index (χ0) is 10.7. The van der Waals surface area contributed by atoms with Gasteiger partial charge in [-0.25, -0.2) is 4.39 Å². The topological polar surface area (TPSA) is 20.3 Å². The van der Waals surface area contributed by atoms with Gasteiger partial charge < -0.3 is 4.90 Å². The van der Waals surface area contributed by atoms with Gasteiger partial charge >= 0.3 is 0 Å². The number of piperidine rings is 1. The first-order valence-corrected chi connectivity index (χ1v) is 5.31. The number of anilines is 1. The summed E-state index contributed by atoms with van der Waals surface area (Å²) in [7, 11) is 0. The molecule has 1 aromatic rings. The van der Waals surface area contributed by atoms with Crippen molar-refractivity contribution in [3.8, 4) is 0 Å². The van der Waals surface area contributed by atoms with Crippen LogP contribution in [0.4, 0.5) is 10.1 Å². The fraction of sp³-hybridized carbons (Fsp3) is 0.417. The van der Waals surface area contributed by atoms with Crippen molar-refractivity contribution in [2.24, 2.45) is 0 Å². The zero-order valence-electron chi connectivity index (χ0n) is 8.58. The van der Waals surface area contributed by atoms with Crippen LogP contribution in [0.5, 0.6) is 0 Å². The second kappa shape index (κ2) is 4.43. The Labute approximate surface area is 88.7 Å². The van der Waals surface area contributed by atoms with E-state index in [1.807, 2.05) is 4.90 Å². The van der Waals surface area contributed by atoms with E-state index >= 15 is 0 Å². The minimum atomic E-state index is -0.290. The molecule has 1 saturated heterocycles. The summed E-state index contributed by atoms with van der Waals surface area (Å²) in [5, 5.41) is 0. The number of nitrogens with zero attached hydrogens (tertiary/aromatic N) is 1. The van der Waals surface area contributed by atoms with E-state index < -0.39 is 0 Å². The van der Waals surface area contributed by atoms with Crippen LogP contribution in [0.15, 0.2) is 18.2 Å². The number of carbonyl (C=O) groups is 1. The van der Waals surface area contributed by atoms with Gasteiger partial charge in [0.25, 0.3) is 0 Å². The highest BCUT2D eigenvalue weighted by atomic mass is 19.1. The summed E-state index contributed by atoms with van der Waals surface area (Å²) in [6.45, 7) is 1.70. The van der Waals surface area contributed by atoms with Crippen molar-refractivity contribution in [2.75, 3.05) is 18.0 Å². The molecule has 1 aromatic carbocycles. The number of para-hydroxylation sites is 1. The summed E-state index contributed by atoms with van der Waals surface area (Å²) in [6.07, 6.45) is 4.08. The van der Waals surface area contributed by atoms with Gasteiger partial charge in [-0.15, -0.1) is 0 Å². The molecule has 0 bridgehead atoms. The minimum Gasteiger partial charge on any atom is -0.369 e. The third-order valence-electron chi connectivity index (χ3n) is 2.82. The number of hydrogen-bond donors (Lipinski definition) is 0. The lowest BCUT2D eigenvalue weighted by Gasteiger charge is -2.29. The molecule has 80 valence electrons. The highest BCUT2D eigenvalue weighted by Gasteiger charge is 2.17. The number of rotatable bonds is 2. The number of carbonyl (C=O) groups excluding carboxylic acids is 1. The predicted octanol–water partition coefficient (Wildman–Crippen LogP) is 2.63. The molecule has 0 atom stereocenters. The quantitative estimate of drug-likeness (QED) is 0.695. The van der Waals surface area contributed by atoms with Gasteiger partial charge in [-0.05, 0) is 31.4 Å². The summed E-state index contributed by atoms with van der Waals surface area (Å²) in [6, 6.07) is 4.66. The van der Waals surface area contributed by atoms with Gasteiger partial charge in [0.2, 0.25) is 0 Å². The monoisotopic (exact) mass is 207 g/mol. The molecule has 0 aliphatic carbocycles. The summed E-state index contributed by atoms with van der Waals surface area (Å²) >= 11 is 0. The molecule has 1 fully saturated rings. The SMILES string of the molecule is O=Cc1cccc(F)c1N1CCCCC1. The van der Waals surface area contributed by atoms with Gasteiger partial charge in [-0.2, -0.15) is 0 Å². The predicted molar refractivity (Wildman–Crippen MR) is 57.9 cm³/mol. The molecule has 1 aliphatic rings. The van der Waals surface area contributed by atoms with E-state index in [2.05, 4.69) is 0 Å². The second-order valence-corrected chi connectivity index (χ2v) is 3.84. The van der Waals surface area contributed by atoms with E-state index in [4.69, 9.17) is 0 Å². The lowest BCUT2D eigenvalue weighted by Crippen LogP contribution is -2.31. The molecule has 0 unspecified atom stereocenters. The summed E-state index contributed by atoms with van der Waals surface area (Å²) in [5.41, 5.74) is 0.934. The van der Waals surface area contributed by atoms with Crippen molar-refractivity contribution >= 4 is 12.0 Å². The van der Waals surface area contributed by atoms with Crippen molar-refractivity contribution < 1.29 is 9.18 Å². The Morgan fingerprint density at radius 1 is 1.20 bits per heavy atom. The number of aldehydes is 1. The third-order valence-corrected chi connectivity index (χ3v) is 2.82. The van der Waals surface area contributed by atoms with Crippen LogP contribution in [0.1, 0.15) is 29.6 Å². The maximum atomic E-state index is 13.6. The van der Waals surface area contributed by atoms with E-state index in [1.54, 1.807) is 12.1 Å². The van der Waals surface area contributed by atoms with Crippen molar-refractivity contribution in [1.82, 2.24) is 0 Å². The van der Waals surface area contributed by atoms with Crippen molar-refractivity contribution in [3.05, 3.63) is 29.6 Å². The van der Waals surface area contributed by atoms with Crippen molar-refractivity contribution in [1.29, 1.82) is 0 Å². The summed E-state index contributed by atoms with van der Waals surface area (Å²) in [4.78, 5) is 12.8. The molecule has 0 aromatic heterocycles. The fourth-order valence-electron chi connectivity index (χ4n) is 2.08. The standard InChI is InChI=1S/C12H14FNO/c13-11-6-4-5-10(9-15)12(11)14-7-2-1-3-8-14/h4-6,9H,1-3,7-8H2. The number of benzene rings is 1. The second-order valence-electron chi connectivity index (χ2n) is 3.84. The molecule has 3 heteroatoms. The molecule has 2 rings (SSSR count). The van der Waals surface area contributed by atoms with Crippen LogP contribution in [0.3, 0.4) is 0 Å². The highest BCUT2D eigenvalue weighted by molar-refractivity contribution is 5.84. The molecular formula is C12H14FNO. The van der Waals surface area contributed by atoms with E-state index in [1.165, 1.54) is 12.5 Å². The Balaban J connectivity index is 2.35. The molecular weight excluding hydrogens is 193 g/mol. The molecule has 2 nitrogen and oxygen atoms in total. The Hall–Kier alpha value is -1.38. The summed E-state index contributed by atoms with van der Waals surface area (Å²) in [5.74, 6) is -0.290. The molecule has 1 aliphatic heterocycles. The third kappa shape index (κ3) is 2.01. The van der Waals surface area contributed by atoms with Crippen molar-refractivity contribution in [2.45, 2.75) is 19.3 Å². The first-order chi connectivity index (χ1) is 7.33. The van der Waals surface area contributed by atoms with Gasteiger partial charge in [0.05, 0.1) is 5.69 Å². The van der Waals surface area contributed by atoms with Crippen LogP contribution in [0.2, 0.25) is 0 Å². The molecule has 0 saturated carbocycles. The van der Waals surface area contributed by atoms with Gasteiger partial charge in [0.15, 0.2) is 6.29 Å². The normalized spacial score (nSPS) is 16.5. The lowest BCUT2D eigenvalue weighted by molar-refractivity contribution is 0.112. The average molecular weight is 207 g/mol. The maximum Gasteiger partial charge on any atom is 0.152 e. The maximum absolute atomic E-state index is 13.6. The molecule has 15 heavy (non-hydrogen) atoms. The number of halogens is 1. The van der Waals surface area contributed by atoms with E-state index in [9.17, 15) is 9.18 Å². The van der Waals surface area contributed by atoms with Crippen molar-refractivity contribution in [3.63, 3.8) is 0 Å². The van der Waals surface area contributed by atoms with Crippen LogP contribution in [0, 0.1) is 5.82 Å². The Morgan fingerprint density at radius 2 is 1.93 bits per heavy atom. The largest absolute Gasteiger partial charge is 0.369 e. The fourth-order valence-corrected chi connectivity index (χ4v) is 2.08. The first kappa shape index (κ1) is 10.1. The average Bonchev–Trinajstić information content (AvgIpc) is 2.29. The Kier molecular flexibility index (Phi) is 2.99. The Morgan fingerprint density at radius 3 is 2.60 bits per heavy atom. The van der Waals surface area contributed by atoms with Crippen LogP contribution < -0.4 is 4.90 Å². The van der Waals surface area contributed by atoms with Crippen LogP contribution in [0.25, 0.3) is 0 Å². The van der Waals surface area contributed by atoms with E-state index in [-0.39, 0.29) is 5.82 Å². The van der Waals surface area contributed by atoms with Gasteiger partial charge in [0, 0.05) is 18.7 Å². The van der Waals surface area contributed by atoms with Gasteiger partial charge in [-0.1, -0.05) is 6.07 Å². The number of hydrogen-bond acceptors (Lipinski definition) is 2. The molecule has 0 radical (unpaired) electrons. The van der Waals surface area contributed by atoms with E-state index in [0.29, 0.717) is 11.3 Å². The smallest absolute Gasteiger partial charge is 0.152 e. The minimum absolute atomic E-state index is 0.290. The summed E-state index contributed by atoms with van der Waals surface area (Å²) < 4.78 is 13.6. The first-order valence-electron chi connectivity index (χ1n) is 5.31. The van der Waals surface area contributed by atoms with Gasteiger partial charge in [-0.3, -0.25) is 4.79 Å². The molecule has 0 spiro atoms. The molecule has 0 amide bonds. The Bertz CT molecular complexity index is 359. The van der Waals surface area contributed by atoms with Crippen LogP contribution in [-0.4, -0.2) is 19.4 Å².